The molecule has 0 aromatic heterocycles. The van der Waals surface area contributed by atoms with Crippen LogP contribution in [0.3, 0.4) is 0 Å². The van der Waals surface area contributed by atoms with Crippen molar-refractivity contribution in [2.75, 3.05) is 38.2 Å². The van der Waals surface area contributed by atoms with E-state index in [0.717, 1.165) is 49.1 Å². The number of hydrogen-bond donors (Lipinski definition) is 0. The number of hydrogen-bond acceptors (Lipinski definition) is 3. The number of anilines is 1. The average Bonchev–Trinajstić information content (AvgIpc) is 2.78. The van der Waals surface area contributed by atoms with E-state index in [2.05, 4.69) is 34.1 Å². The van der Waals surface area contributed by atoms with Gasteiger partial charge in [-0.25, -0.2) is 0 Å². The Kier molecular flexibility index (Phi) is 7.29. The number of ether oxygens (including phenoxy) is 1. The third kappa shape index (κ3) is 5.48. The fourth-order valence-corrected chi connectivity index (χ4v) is 4.77. The second-order valence-corrected chi connectivity index (χ2v) is 9.04. The van der Waals surface area contributed by atoms with Crippen molar-refractivity contribution in [2.45, 2.75) is 12.5 Å². The summed E-state index contributed by atoms with van der Waals surface area (Å²) in [5.41, 5.74) is 3.52. The summed E-state index contributed by atoms with van der Waals surface area (Å²) in [7, 11) is 1.71. The summed E-state index contributed by atoms with van der Waals surface area (Å²) in [6.45, 7) is 3.74. The standard InChI is InChI=1S/C25H25Cl3N2O/c1-31-22-4-2-3-18(15-22)11-12-29-13-14-30(24-10-9-21(27)16-23(24)28)25(17-29)19-5-7-20(26)8-6-19/h2-10,15-16,25H,11-14,17H2,1H3/t25-/m0/s1. The molecule has 6 heteroatoms. The summed E-state index contributed by atoms with van der Waals surface area (Å²) in [4.78, 5) is 4.89. The highest BCUT2D eigenvalue weighted by Gasteiger charge is 2.29. The van der Waals surface area contributed by atoms with Crippen LogP contribution in [0, 0.1) is 0 Å². The summed E-state index contributed by atoms with van der Waals surface area (Å²) < 4.78 is 5.36. The lowest BCUT2D eigenvalue weighted by Gasteiger charge is -2.43. The van der Waals surface area contributed by atoms with E-state index in [1.54, 1.807) is 7.11 Å². The Morgan fingerprint density at radius 2 is 1.68 bits per heavy atom. The minimum Gasteiger partial charge on any atom is -0.497 e. The van der Waals surface area contributed by atoms with E-state index >= 15 is 0 Å². The van der Waals surface area contributed by atoms with E-state index in [0.29, 0.717) is 10.0 Å². The molecule has 1 fully saturated rings. The number of benzene rings is 3. The number of nitrogens with zero attached hydrogens (tertiary/aromatic N) is 2. The first-order valence-corrected chi connectivity index (χ1v) is 11.5. The number of rotatable bonds is 6. The lowest BCUT2D eigenvalue weighted by molar-refractivity contribution is 0.226. The Balaban J connectivity index is 1.54. The van der Waals surface area contributed by atoms with Crippen LogP contribution in [0.4, 0.5) is 5.69 Å². The highest BCUT2D eigenvalue weighted by Crippen LogP contribution is 2.36. The average molecular weight is 476 g/mol. The van der Waals surface area contributed by atoms with E-state index in [1.807, 2.05) is 42.5 Å². The Hall–Kier alpha value is -1.91. The van der Waals surface area contributed by atoms with Crippen LogP contribution in [0.5, 0.6) is 5.75 Å². The minimum absolute atomic E-state index is 0.176. The fraction of sp³-hybridized carbons (Fsp3) is 0.280. The van der Waals surface area contributed by atoms with Crippen molar-refractivity contribution in [1.29, 1.82) is 0 Å². The van der Waals surface area contributed by atoms with Crippen molar-refractivity contribution >= 4 is 40.5 Å². The van der Waals surface area contributed by atoms with Crippen molar-refractivity contribution in [1.82, 2.24) is 4.90 Å². The van der Waals surface area contributed by atoms with Gasteiger partial charge in [-0.2, -0.15) is 0 Å². The largest absolute Gasteiger partial charge is 0.497 e. The number of methoxy groups -OCH3 is 1. The predicted molar refractivity (Wildman–Crippen MR) is 131 cm³/mol. The van der Waals surface area contributed by atoms with Gasteiger partial charge in [-0.1, -0.05) is 59.1 Å². The van der Waals surface area contributed by atoms with Gasteiger partial charge >= 0.3 is 0 Å². The molecule has 1 aliphatic heterocycles. The van der Waals surface area contributed by atoms with E-state index < -0.39 is 0 Å². The molecular formula is C25H25Cl3N2O. The highest BCUT2D eigenvalue weighted by atomic mass is 35.5. The van der Waals surface area contributed by atoms with Crippen LogP contribution in [-0.2, 0) is 6.42 Å². The molecule has 162 valence electrons. The van der Waals surface area contributed by atoms with E-state index in [9.17, 15) is 0 Å². The maximum absolute atomic E-state index is 6.57. The van der Waals surface area contributed by atoms with Crippen LogP contribution in [0.2, 0.25) is 15.1 Å². The Bertz CT molecular complexity index is 1030. The van der Waals surface area contributed by atoms with Crippen molar-refractivity contribution in [3.8, 4) is 5.75 Å². The second kappa shape index (κ2) is 10.1. The van der Waals surface area contributed by atoms with Gasteiger partial charge in [0.1, 0.15) is 5.75 Å². The van der Waals surface area contributed by atoms with Crippen molar-refractivity contribution < 1.29 is 4.74 Å². The summed E-state index contributed by atoms with van der Waals surface area (Å²) in [6, 6.07) is 22.3. The zero-order chi connectivity index (χ0) is 21.8. The lowest BCUT2D eigenvalue weighted by Crippen LogP contribution is -2.49. The third-order valence-corrected chi connectivity index (χ3v) is 6.58. The van der Waals surface area contributed by atoms with Crippen LogP contribution in [0.15, 0.2) is 66.7 Å². The molecule has 0 aliphatic carbocycles. The molecule has 1 saturated heterocycles. The van der Waals surface area contributed by atoms with E-state index in [-0.39, 0.29) is 6.04 Å². The minimum atomic E-state index is 0.176. The Labute approximate surface area is 199 Å². The van der Waals surface area contributed by atoms with Gasteiger partial charge in [0.25, 0.3) is 0 Å². The maximum atomic E-state index is 6.57. The number of piperazine rings is 1. The molecular weight excluding hydrogens is 451 g/mol. The topological polar surface area (TPSA) is 15.7 Å². The second-order valence-electron chi connectivity index (χ2n) is 7.76. The third-order valence-electron chi connectivity index (χ3n) is 5.79. The molecule has 4 rings (SSSR count). The van der Waals surface area contributed by atoms with Crippen molar-refractivity contribution in [2.24, 2.45) is 0 Å². The van der Waals surface area contributed by atoms with Crippen LogP contribution >= 0.6 is 34.8 Å². The van der Waals surface area contributed by atoms with Gasteiger partial charge in [-0.15, -0.1) is 0 Å². The molecule has 0 bridgehead atoms. The molecule has 1 atom stereocenters. The normalized spacial score (nSPS) is 17.0. The SMILES string of the molecule is COc1cccc(CCN2CCN(c3ccc(Cl)cc3Cl)[C@H](c3ccc(Cl)cc3)C2)c1. The van der Waals surface area contributed by atoms with Gasteiger partial charge in [-0.05, 0) is 60.0 Å². The quantitative estimate of drug-likeness (QED) is 0.391. The monoisotopic (exact) mass is 474 g/mol. The highest BCUT2D eigenvalue weighted by molar-refractivity contribution is 6.36. The summed E-state index contributed by atoms with van der Waals surface area (Å²) in [5, 5.41) is 2.07. The molecule has 0 spiro atoms. The molecule has 3 aromatic rings. The van der Waals surface area contributed by atoms with Gasteiger partial charge in [0, 0.05) is 36.2 Å². The molecule has 0 saturated carbocycles. The van der Waals surface area contributed by atoms with Crippen LogP contribution in [0.25, 0.3) is 0 Å². The summed E-state index contributed by atoms with van der Waals surface area (Å²) in [5.74, 6) is 0.902. The van der Waals surface area contributed by atoms with Crippen molar-refractivity contribution in [3.63, 3.8) is 0 Å². The first-order chi connectivity index (χ1) is 15.0. The first-order valence-electron chi connectivity index (χ1n) is 10.4. The predicted octanol–water partition coefficient (Wildman–Crippen LogP) is 6.76. The van der Waals surface area contributed by atoms with Crippen LogP contribution in [0.1, 0.15) is 17.2 Å². The molecule has 0 unspecified atom stereocenters. The molecule has 1 heterocycles. The Morgan fingerprint density at radius 3 is 2.42 bits per heavy atom. The zero-order valence-corrected chi connectivity index (χ0v) is 19.7. The lowest BCUT2D eigenvalue weighted by atomic mass is 10.0. The van der Waals surface area contributed by atoms with Crippen molar-refractivity contribution in [3.05, 3.63) is 92.9 Å². The molecule has 0 N–H and O–H groups in total. The van der Waals surface area contributed by atoms with Crippen LogP contribution < -0.4 is 9.64 Å². The molecule has 0 radical (unpaired) electrons. The van der Waals surface area contributed by atoms with Crippen LogP contribution in [-0.4, -0.2) is 38.2 Å². The van der Waals surface area contributed by atoms with E-state index in [4.69, 9.17) is 39.5 Å². The molecule has 3 aromatic carbocycles. The van der Waals surface area contributed by atoms with Gasteiger partial charge in [0.2, 0.25) is 0 Å². The first kappa shape index (κ1) is 22.3. The maximum Gasteiger partial charge on any atom is 0.119 e. The van der Waals surface area contributed by atoms with Gasteiger partial charge < -0.3 is 9.64 Å². The van der Waals surface area contributed by atoms with Gasteiger partial charge in [0.05, 0.1) is 23.9 Å². The number of halogens is 3. The molecule has 3 nitrogen and oxygen atoms in total. The summed E-state index contributed by atoms with van der Waals surface area (Å²) in [6.07, 6.45) is 0.978. The zero-order valence-electron chi connectivity index (χ0n) is 17.4. The Morgan fingerprint density at radius 1 is 0.903 bits per heavy atom. The molecule has 1 aliphatic rings. The smallest absolute Gasteiger partial charge is 0.119 e. The molecule has 0 amide bonds. The van der Waals surface area contributed by atoms with Gasteiger partial charge in [-0.3, -0.25) is 4.90 Å². The fourth-order valence-electron chi connectivity index (χ4n) is 4.13. The van der Waals surface area contributed by atoms with Gasteiger partial charge in [0.15, 0.2) is 0 Å². The van der Waals surface area contributed by atoms with E-state index in [1.165, 1.54) is 11.1 Å². The summed E-state index contributed by atoms with van der Waals surface area (Å²) >= 11 is 18.9. The molecule has 31 heavy (non-hydrogen) atoms.